The number of allylic oxidation sites excluding steroid dienone is 2. The van der Waals surface area contributed by atoms with Gasteiger partial charge in [0, 0.05) is 25.3 Å². The first-order chi connectivity index (χ1) is 15.7. The molecule has 0 aliphatic carbocycles. The topological polar surface area (TPSA) is 118 Å². The first-order valence-electron chi connectivity index (χ1n) is 10.1. The van der Waals surface area contributed by atoms with Gasteiger partial charge < -0.3 is 11.1 Å². The van der Waals surface area contributed by atoms with Gasteiger partial charge in [-0.05, 0) is 31.1 Å². The number of rotatable bonds is 8. The maximum absolute atomic E-state index is 14.2. The summed E-state index contributed by atoms with van der Waals surface area (Å²) in [4.78, 5) is 21.3. The predicted molar refractivity (Wildman–Crippen MR) is 139 cm³/mol. The standard InChI is InChI=1S/C20H25FN5O3PS3/c1-2-13(10-23-11-31)33(28,29)26-8-6-12(7-9-26)24-20-25-19(22)18(32-20)17(27)16-14(21)4-3-5-15(16)30/h2-5,10,12,31H,6-9,11,22,30H2,1H3,(H,24,25)/b13-2+,23-10-. The highest BCUT2D eigenvalue weighted by molar-refractivity contribution is 7.93. The smallest absolute Gasteiger partial charge is 0.244 e. The summed E-state index contributed by atoms with van der Waals surface area (Å²) >= 11 is 5.03. The number of hydrogen-bond acceptors (Lipinski definition) is 9. The van der Waals surface area contributed by atoms with Crippen molar-refractivity contribution in [3.8, 4) is 0 Å². The Labute approximate surface area is 204 Å². The Balaban J connectivity index is 1.67. The largest absolute Gasteiger partial charge is 0.382 e. The van der Waals surface area contributed by atoms with Crippen LogP contribution in [0, 0.1) is 5.82 Å². The number of nitrogens with zero attached hydrogens (tertiary/aromatic N) is 3. The first kappa shape index (κ1) is 25.8. The quantitative estimate of drug-likeness (QED) is 0.210. The Bertz CT molecular complexity index is 1170. The number of nitrogen functional groups attached to an aromatic ring is 1. The zero-order valence-electron chi connectivity index (χ0n) is 17.9. The molecule has 2 heterocycles. The molecule has 0 amide bonds. The van der Waals surface area contributed by atoms with Crippen LogP contribution < -0.4 is 16.4 Å². The van der Waals surface area contributed by atoms with Gasteiger partial charge in [-0.3, -0.25) is 9.79 Å². The Morgan fingerprint density at radius 2 is 2.15 bits per heavy atom. The van der Waals surface area contributed by atoms with Gasteiger partial charge in [0.2, 0.25) is 15.8 Å². The van der Waals surface area contributed by atoms with E-state index >= 15 is 0 Å². The van der Waals surface area contributed by atoms with Crippen LogP contribution in [0.4, 0.5) is 15.3 Å². The highest BCUT2D eigenvalue weighted by atomic mass is 32.2. The third-order valence-electron chi connectivity index (χ3n) is 5.14. The minimum atomic E-state index is -3.63. The molecule has 33 heavy (non-hydrogen) atoms. The lowest BCUT2D eigenvalue weighted by Crippen LogP contribution is -2.42. The summed E-state index contributed by atoms with van der Waals surface area (Å²) in [6, 6.07) is 4.33. The SMILES string of the molecule is C/C=C(\C=N/CS)S(=O)(=O)N1CCC(Nc2nc(N)c(C(=O)c3c(F)cccc3P)s2)CC1. The van der Waals surface area contributed by atoms with Crippen molar-refractivity contribution in [1.29, 1.82) is 0 Å². The molecule has 13 heteroatoms. The van der Waals surface area contributed by atoms with E-state index in [1.807, 2.05) is 0 Å². The molecule has 1 saturated heterocycles. The number of benzene rings is 1. The molecule has 3 rings (SSSR count). The fraction of sp³-hybridized carbons (Fsp3) is 0.350. The number of aliphatic imine (C=N–C) groups is 1. The number of thiazole rings is 1. The molecule has 2 aromatic rings. The van der Waals surface area contributed by atoms with Gasteiger partial charge in [-0.15, -0.1) is 9.24 Å². The van der Waals surface area contributed by atoms with Crippen molar-refractivity contribution in [3.63, 3.8) is 0 Å². The second kappa shape index (κ2) is 11.1. The zero-order chi connectivity index (χ0) is 24.2. The second-order valence-corrected chi connectivity index (χ2v) is 11.1. The number of ketones is 1. The summed E-state index contributed by atoms with van der Waals surface area (Å²) in [6.45, 7) is 2.30. The van der Waals surface area contributed by atoms with Gasteiger partial charge in [-0.2, -0.15) is 16.9 Å². The maximum atomic E-state index is 14.2. The number of carbonyl (C=O) groups excluding carboxylic acids is 1. The van der Waals surface area contributed by atoms with E-state index in [9.17, 15) is 17.6 Å². The number of nitrogens with two attached hydrogens (primary N) is 1. The van der Waals surface area contributed by atoms with E-state index < -0.39 is 21.6 Å². The molecular weight excluding hydrogens is 504 g/mol. The van der Waals surface area contributed by atoms with Gasteiger partial charge in [0.1, 0.15) is 16.5 Å². The van der Waals surface area contributed by atoms with Crippen molar-refractivity contribution in [3.05, 3.63) is 45.4 Å². The van der Waals surface area contributed by atoms with Crippen molar-refractivity contribution in [1.82, 2.24) is 9.29 Å². The normalized spacial score (nSPS) is 16.4. The minimum Gasteiger partial charge on any atom is -0.382 e. The summed E-state index contributed by atoms with van der Waals surface area (Å²) < 4.78 is 41.3. The summed E-state index contributed by atoms with van der Waals surface area (Å²) in [5.41, 5.74) is 5.90. The molecule has 3 N–H and O–H groups in total. The number of carbonyl (C=O) groups is 1. The highest BCUT2D eigenvalue weighted by Crippen LogP contribution is 2.30. The first-order valence-corrected chi connectivity index (χ1v) is 13.5. The summed E-state index contributed by atoms with van der Waals surface area (Å²) in [5.74, 6) is -0.913. The van der Waals surface area contributed by atoms with Crippen molar-refractivity contribution in [2.24, 2.45) is 4.99 Å². The molecule has 1 aromatic heterocycles. The van der Waals surface area contributed by atoms with E-state index in [1.54, 1.807) is 13.0 Å². The van der Waals surface area contributed by atoms with E-state index in [4.69, 9.17) is 5.73 Å². The number of anilines is 2. The molecule has 0 bridgehead atoms. The monoisotopic (exact) mass is 529 g/mol. The van der Waals surface area contributed by atoms with Crippen LogP contribution in [-0.2, 0) is 10.0 Å². The van der Waals surface area contributed by atoms with E-state index in [-0.39, 0.29) is 33.1 Å². The average Bonchev–Trinajstić information content (AvgIpc) is 3.14. The molecule has 0 radical (unpaired) electrons. The van der Waals surface area contributed by atoms with E-state index in [1.165, 1.54) is 28.7 Å². The third-order valence-corrected chi connectivity index (χ3v) is 8.76. The van der Waals surface area contributed by atoms with Crippen molar-refractivity contribution in [2.45, 2.75) is 25.8 Å². The minimum absolute atomic E-state index is 0.0290. The van der Waals surface area contributed by atoms with Gasteiger partial charge in [-0.25, -0.2) is 17.8 Å². The Morgan fingerprint density at radius 1 is 1.45 bits per heavy atom. The number of piperidine rings is 1. The van der Waals surface area contributed by atoms with Crippen LogP contribution in [0.25, 0.3) is 0 Å². The number of halogens is 1. The molecule has 8 nitrogen and oxygen atoms in total. The molecule has 178 valence electrons. The number of hydrogen-bond donors (Lipinski definition) is 3. The molecule has 0 saturated carbocycles. The van der Waals surface area contributed by atoms with E-state index in [0.717, 1.165) is 11.3 Å². The fourth-order valence-electron chi connectivity index (χ4n) is 3.44. The van der Waals surface area contributed by atoms with Crippen LogP contribution in [0.5, 0.6) is 0 Å². The number of sulfonamides is 1. The Hall–Kier alpha value is -1.85. The van der Waals surface area contributed by atoms with Crippen LogP contribution in [0.1, 0.15) is 35.0 Å². The van der Waals surface area contributed by atoms with E-state index in [0.29, 0.717) is 36.4 Å². The summed E-state index contributed by atoms with van der Waals surface area (Å²) in [7, 11) is -1.28. The molecule has 1 aromatic carbocycles. The molecule has 1 aliphatic rings. The van der Waals surface area contributed by atoms with Crippen molar-refractivity contribution < 1.29 is 17.6 Å². The molecule has 0 spiro atoms. The lowest BCUT2D eigenvalue weighted by atomic mass is 10.1. The average molecular weight is 530 g/mol. The van der Waals surface area contributed by atoms with E-state index in [2.05, 4.69) is 37.2 Å². The lowest BCUT2D eigenvalue weighted by molar-refractivity contribution is 0.104. The number of thiol groups is 1. The lowest BCUT2D eigenvalue weighted by Gasteiger charge is -2.31. The molecular formula is C20H25FN5O3PS3. The fourth-order valence-corrected chi connectivity index (χ4v) is 6.30. The van der Waals surface area contributed by atoms with Gasteiger partial charge in [0.15, 0.2) is 5.13 Å². The summed E-state index contributed by atoms with van der Waals surface area (Å²) in [5, 5.41) is 4.11. The van der Waals surface area contributed by atoms with Gasteiger partial charge in [-0.1, -0.05) is 29.5 Å². The summed E-state index contributed by atoms with van der Waals surface area (Å²) in [6.07, 6.45) is 3.93. The van der Waals surface area contributed by atoms with Gasteiger partial charge in [0.25, 0.3) is 0 Å². The number of aromatic nitrogens is 1. The molecule has 1 fully saturated rings. The maximum Gasteiger partial charge on any atom is 0.244 e. The van der Waals surface area contributed by atoms with Crippen LogP contribution in [0.3, 0.4) is 0 Å². The van der Waals surface area contributed by atoms with Crippen LogP contribution in [0.2, 0.25) is 0 Å². The van der Waals surface area contributed by atoms with Crippen molar-refractivity contribution in [2.75, 3.05) is 30.0 Å². The number of nitrogens with one attached hydrogen (secondary N) is 1. The highest BCUT2D eigenvalue weighted by Gasteiger charge is 2.31. The molecule has 1 aliphatic heterocycles. The Morgan fingerprint density at radius 3 is 2.76 bits per heavy atom. The predicted octanol–water partition coefficient (Wildman–Crippen LogP) is 2.66. The van der Waals surface area contributed by atoms with Crippen LogP contribution in [-0.4, -0.2) is 54.7 Å². The van der Waals surface area contributed by atoms with Crippen LogP contribution >= 0.6 is 33.2 Å². The third kappa shape index (κ3) is 5.81. The Kier molecular flexibility index (Phi) is 8.63. The molecule has 1 unspecified atom stereocenters. The molecule has 1 atom stereocenters. The van der Waals surface area contributed by atoms with Gasteiger partial charge >= 0.3 is 0 Å². The van der Waals surface area contributed by atoms with Crippen molar-refractivity contribution >= 4 is 71.5 Å². The van der Waals surface area contributed by atoms with Gasteiger partial charge in [0.05, 0.1) is 16.3 Å². The zero-order valence-corrected chi connectivity index (χ0v) is 21.5. The van der Waals surface area contributed by atoms with Crippen LogP contribution in [0.15, 0.2) is 34.2 Å². The second-order valence-electron chi connectivity index (χ2n) is 7.23.